The molecule has 0 spiro atoms. The minimum atomic E-state index is -1.03. The fraction of sp³-hybridized carbons (Fsp3) is 1.00. The molecule has 1 aliphatic heterocycles. The standard InChI is InChI=1S/C11H23BO3/c1-5-9(4)11-7-10(6-8(2)3)14-12(13)15-11/h8-11,13H,5-7H2,1-4H3. The van der Waals surface area contributed by atoms with Crippen molar-refractivity contribution < 1.29 is 14.3 Å². The first kappa shape index (κ1) is 13.0. The Morgan fingerprint density at radius 1 is 1.33 bits per heavy atom. The first-order chi connectivity index (χ1) is 7.02. The van der Waals surface area contributed by atoms with E-state index >= 15 is 0 Å². The summed E-state index contributed by atoms with van der Waals surface area (Å²) in [6, 6.07) is 0. The van der Waals surface area contributed by atoms with Crippen LogP contribution >= 0.6 is 0 Å². The van der Waals surface area contributed by atoms with Gasteiger partial charge in [0.1, 0.15) is 0 Å². The maximum atomic E-state index is 9.46. The van der Waals surface area contributed by atoms with E-state index in [9.17, 15) is 5.02 Å². The molecule has 1 saturated heterocycles. The van der Waals surface area contributed by atoms with E-state index in [4.69, 9.17) is 9.31 Å². The third-order valence-electron chi connectivity index (χ3n) is 3.11. The van der Waals surface area contributed by atoms with E-state index in [0.29, 0.717) is 11.8 Å². The van der Waals surface area contributed by atoms with Crippen molar-refractivity contribution in [2.75, 3.05) is 0 Å². The molecule has 0 aromatic rings. The van der Waals surface area contributed by atoms with Gasteiger partial charge in [0.05, 0.1) is 6.10 Å². The Kier molecular flexibility index (Phi) is 5.10. The average molecular weight is 214 g/mol. The Hall–Kier alpha value is -0.0551. The summed E-state index contributed by atoms with van der Waals surface area (Å²) >= 11 is 0. The predicted octanol–water partition coefficient (Wildman–Crippen LogP) is 2.23. The molecule has 3 nitrogen and oxygen atoms in total. The topological polar surface area (TPSA) is 38.7 Å². The summed E-state index contributed by atoms with van der Waals surface area (Å²) in [6.07, 6.45) is 3.26. The molecule has 3 atom stereocenters. The molecule has 4 heteroatoms. The van der Waals surface area contributed by atoms with Gasteiger partial charge >= 0.3 is 7.32 Å². The molecule has 1 N–H and O–H groups in total. The highest BCUT2D eigenvalue weighted by Gasteiger charge is 2.35. The second kappa shape index (κ2) is 5.87. The fourth-order valence-corrected chi connectivity index (χ4v) is 2.02. The minimum absolute atomic E-state index is 0.141. The highest BCUT2D eigenvalue weighted by Crippen LogP contribution is 2.26. The zero-order valence-electron chi connectivity index (χ0n) is 10.3. The van der Waals surface area contributed by atoms with Gasteiger partial charge in [0.25, 0.3) is 0 Å². The maximum Gasteiger partial charge on any atom is 0.637 e. The molecule has 0 radical (unpaired) electrons. The molecule has 0 amide bonds. The molecule has 0 bridgehead atoms. The molecule has 0 saturated carbocycles. The Bertz CT molecular complexity index is 185. The number of hydrogen-bond donors (Lipinski definition) is 1. The van der Waals surface area contributed by atoms with E-state index < -0.39 is 7.32 Å². The first-order valence-corrected chi connectivity index (χ1v) is 6.01. The third kappa shape index (κ3) is 4.13. The van der Waals surface area contributed by atoms with Gasteiger partial charge in [0.15, 0.2) is 0 Å². The lowest BCUT2D eigenvalue weighted by Gasteiger charge is -2.35. The van der Waals surface area contributed by atoms with Crippen LogP contribution in [-0.2, 0) is 9.31 Å². The van der Waals surface area contributed by atoms with Gasteiger partial charge in [-0.05, 0) is 24.7 Å². The van der Waals surface area contributed by atoms with Crippen molar-refractivity contribution in [1.82, 2.24) is 0 Å². The van der Waals surface area contributed by atoms with Crippen molar-refractivity contribution in [3.8, 4) is 0 Å². The van der Waals surface area contributed by atoms with Gasteiger partial charge in [-0.2, -0.15) is 0 Å². The quantitative estimate of drug-likeness (QED) is 0.729. The molecule has 1 fully saturated rings. The third-order valence-corrected chi connectivity index (χ3v) is 3.11. The molecular formula is C11H23BO3. The molecule has 1 aliphatic rings. The van der Waals surface area contributed by atoms with E-state index in [1.165, 1.54) is 0 Å². The summed E-state index contributed by atoms with van der Waals surface area (Å²) in [5.41, 5.74) is 0. The largest absolute Gasteiger partial charge is 0.637 e. The molecule has 88 valence electrons. The van der Waals surface area contributed by atoms with Crippen molar-refractivity contribution in [3.63, 3.8) is 0 Å². The van der Waals surface area contributed by atoms with Crippen LogP contribution < -0.4 is 0 Å². The molecule has 1 rings (SSSR count). The van der Waals surface area contributed by atoms with Crippen LogP contribution in [0.15, 0.2) is 0 Å². The summed E-state index contributed by atoms with van der Waals surface area (Å²) < 4.78 is 10.7. The van der Waals surface area contributed by atoms with Crippen LogP contribution in [0, 0.1) is 11.8 Å². The Balaban J connectivity index is 2.48. The Morgan fingerprint density at radius 2 is 2.00 bits per heavy atom. The van der Waals surface area contributed by atoms with Crippen molar-refractivity contribution in [2.45, 2.75) is 59.2 Å². The first-order valence-electron chi connectivity index (χ1n) is 6.01. The summed E-state index contributed by atoms with van der Waals surface area (Å²) in [6.45, 7) is 8.65. The molecular weight excluding hydrogens is 191 g/mol. The van der Waals surface area contributed by atoms with E-state index in [0.717, 1.165) is 19.3 Å². The van der Waals surface area contributed by atoms with Gasteiger partial charge < -0.3 is 14.3 Å². The minimum Gasteiger partial charge on any atom is -0.402 e. The lowest BCUT2D eigenvalue weighted by molar-refractivity contribution is -0.0443. The average Bonchev–Trinajstić information content (AvgIpc) is 2.14. The molecule has 1 heterocycles. The monoisotopic (exact) mass is 214 g/mol. The second-order valence-electron chi connectivity index (χ2n) is 4.99. The highest BCUT2D eigenvalue weighted by molar-refractivity contribution is 6.34. The normalized spacial score (nSPS) is 29.6. The summed E-state index contributed by atoms with van der Waals surface area (Å²) in [5, 5.41) is 9.46. The summed E-state index contributed by atoms with van der Waals surface area (Å²) in [5.74, 6) is 1.08. The van der Waals surface area contributed by atoms with Crippen LogP contribution in [0.3, 0.4) is 0 Å². The molecule has 0 aromatic heterocycles. The highest BCUT2D eigenvalue weighted by atomic mass is 16.7. The maximum absolute atomic E-state index is 9.46. The van der Waals surface area contributed by atoms with Gasteiger partial charge in [0, 0.05) is 6.10 Å². The summed E-state index contributed by atoms with van der Waals surface area (Å²) in [7, 11) is -1.03. The van der Waals surface area contributed by atoms with Crippen molar-refractivity contribution >= 4 is 7.32 Å². The number of rotatable bonds is 4. The lowest BCUT2D eigenvalue weighted by atomic mass is 9.89. The van der Waals surface area contributed by atoms with Crippen LogP contribution in [0.2, 0.25) is 0 Å². The number of hydrogen-bond acceptors (Lipinski definition) is 3. The van der Waals surface area contributed by atoms with Gasteiger partial charge in [-0.15, -0.1) is 0 Å². The van der Waals surface area contributed by atoms with Crippen molar-refractivity contribution in [1.29, 1.82) is 0 Å². The van der Waals surface area contributed by atoms with Crippen LogP contribution in [0.1, 0.15) is 47.0 Å². The molecule has 0 aliphatic carbocycles. The zero-order valence-corrected chi connectivity index (χ0v) is 10.3. The van der Waals surface area contributed by atoms with E-state index in [1.807, 2.05) is 0 Å². The van der Waals surface area contributed by atoms with Gasteiger partial charge in [-0.25, -0.2) is 0 Å². The lowest BCUT2D eigenvalue weighted by Crippen LogP contribution is -2.44. The van der Waals surface area contributed by atoms with Crippen LogP contribution in [0.4, 0.5) is 0 Å². The van der Waals surface area contributed by atoms with E-state index in [-0.39, 0.29) is 12.2 Å². The van der Waals surface area contributed by atoms with Crippen molar-refractivity contribution in [3.05, 3.63) is 0 Å². The molecule has 15 heavy (non-hydrogen) atoms. The summed E-state index contributed by atoms with van der Waals surface area (Å²) in [4.78, 5) is 0. The smallest absolute Gasteiger partial charge is 0.402 e. The second-order valence-corrected chi connectivity index (χ2v) is 4.99. The fourth-order valence-electron chi connectivity index (χ4n) is 2.02. The van der Waals surface area contributed by atoms with Crippen LogP contribution in [0.5, 0.6) is 0 Å². The van der Waals surface area contributed by atoms with Crippen molar-refractivity contribution in [2.24, 2.45) is 11.8 Å². The van der Waals surface area contributed by atoms with Gasteiger partial charge in [0.2, 0.25) is 0 Å². The molecule has 3 unspecified atom stereocenters. The van der Waals surface area contributed by atoms with E-state index in [2.05, 4.69) is 27.7 Å². The van der Waals surface area contributed by atoms with Crippen LogP contribution in [-0.4, -0.2) is 24.6 Å². The van der Waals surface area contributed by atoms with Gasteiger partial charge in [-0.1, -0.05) is 34.1 Å². The van der Waals surface area contributed by atoms with E-state index in [1.54, 1.807) is 0 Å². The SMILES string of the molecule is CCC(C)C1CC(CC(C)C)OB(O)O1. The van der Waals surface area contributed by atoms with Gasteiger partial charge in [-0.3, -0.25) is 0 Å². The van der Waals surface area contributed by atoms with Crippen LogP contribution in [0.25, 0.3) is 0 Å². The Labute approximate surface area is 93.3 Å². The zero-order chi connectivity index (χ0) is 11.4. The predicted molar refractivity (Wildman–Crippen MR) is 61.2 cm³/mol. The Morgan fingerprint density at radius 3 is 2.53 bits per heavy atom. The molecule has 0 aromatic carbocycles.